The van der Waals surface area contributed by atoms with E-state index < -0.39 is 0 Å². The topological polar surface area (TPSA) is 80.3 Å². The summed E-state index contributed by atoms with van der Waals surface area (Å²) in [6.45, 7) is 3.22. The van der Waals surface area contributed by atoms with E-state index in [1.807, 2.05) is 11.5 Å². The molecule has 0 aromatic carbocycles. The second-order valence-corrected chi connectivity index (χ2v) is 5.27. The molecule has 1 aliphatic carbocycles. The number of nitrogens with zero attached hydrogens (tertiary/aromatic N) is 1. The van der Waals surface area contributed by atoms with Gasteiger partial charge < -0.3 is 20.7 Å². The Morgan fingerprint density at radius 3 is 2.95 bits per heavy atom. The smallest absolute Gasteiger partial charge is 0.267 e. The number of aryl methyl sites for hydroxylation is 1. The highest BCUT2D eigenvalue weighted by atomic mass is 16.3. The quantitative estimate of drug-likeness (QED) is 0.769. The summed E-state index contributed by atoms with van der Waals surface area (Å²) < 4.78 is 1.84. The van der Waals surface area contributed by atoms with Crippen LogP contribution in [0.4, 0.5) is 5.69 Å². The predicted molar refractivity (Wildman–Crippen MR) is 74.8 cm³/mol. The second-order valence-electron chi connectivity index (χ2n) is 5.27. The normalized spacial score (nSPS) is 23.3. The molecule has 1 saturated carbocycles. The lowest BCUT2D eigenvalue weighted by Crippen LogP contribution is -2.37. The lowest BCUT2D eigenvalue weighted by atomic mass is 9.86. The zero-order valence-corrected chi connectivity index (χ0v) is 11.4. The average Bonchev–Trinajstić information content (AvgIpc) is 2.79. The number of hydrogen-bond donors (Lipinski definition) is 3. The number of hydrogen-bond acceptors (Lipinski definition) is 3. The van der Waals surface area contributed by atoms with Crippen molar-refractivity contribution in [2.45, 2.75) is 45.3 Å². The van der Waals surface area contributed by atoms with Crippen molar-refractivity contribution in [1.29, 1.82) is 0 Å². The van der Waals surface area contributed by atoms with Gasteiger partial charge >= 0.3 is 0 Å². The molecule has 1 heterocycles. The van der Waals surface area contributed by atoms with E-state index in [-0.39, 0.29) is 17.9 Å². The van der Waals surface area contributed by atoms with E-state index in [4.69, 9.17) is 5.73 Å². The van der Waals surface area contributed by atoms with Crippen molar-refractivity contribution in [3.8, 4) is 0 Å². The molecule has 106 valence electrons. The fraction of sp³-hybridized carbons (Fsp3) is 0.643. The third-order valence-corrected chi connectivity index (χ3v) is 3.88. The molecule has 1 amide bonds. The molecular formula is C14H23N3O2. The molecule has 2 unspecified atom stereocenters. The fourth-order valence-electron chi connectivity index (χ4n) is 2.73. The van der Waals surface area contributed by atoms with E-state index in [1.54, 1.807) is 12.3 Å². The Morgan fingerprint density at radius 1 is 1.53 bits per heavy atom. The number of anilines is 1. The van der Waals surface area contributed by atoms with Crippen LogP contribution in [0.2, 0.25) is 0 Å². The van der Waals surface area contributed by atoms with Crippen LogP contribution in [0.25, 0.3) is 0 Å². The third-order valence-electron chi connectivity index (χ3n) is 3.88. The molecule has 19 heavy (non-hydrogen) atoms. The molecule has 0 spiro atoms. The number of amides is 1. The van der Waals surface area contributed by atoms with Gasteiger partial charge in [0.1, 0.15) is 5.69 Å². The number of carbonyl (C=O) groups excluding carboxylic acids is 1. The highest BCUT2D eigenvalue weighted by molar-refractivity contribution is 5.93. The first kappa shape index (κ1) is 13.9. The molecule has 1 aromatic heterocycles. The second kappa shape index (κ2) is 6.10. The maximum Gasteiger partial charge on any atom is 0.267 e. The van der Waals surface area contributed by atoms with Crippen LogP contribution in [0.1, 0.15) is 43.1 Å². The minimum Gasteiger partial charge on any atom is -0.397 e. The lowest BCUT2D eigenvalue weighted by Gasteiger charge is -2.27. The van der Waals surface area contributed by atoms with E-state index in [0.717, 1.165) is 25.7 Å². The monoisotopic (exact) mass is 265 g/mol. The standard InChI is InChI=1S/C14H23N3O2/c1-2-17-9-11(15)7-12(17)14(19)16-8-10-5-3-4-6-13(10)18/h7,9-10,13,18H,2-6,8,15H2,1H3,(H,16,19). The summed E-state index contributed by atoms with van der Waals surface area (Å²) in [4.78, 5) is 12.1. The number of nitrogen functional groups attached to an aromatic ring is 1. The Bertz CT molecular complexity index is 442. The Balaban J connectivity index is 1.93. The van der Waals surface area contributed by atoms with Crippen molar-refractivity contribution in [2.24, 2.45) is 5.92 Å². The zero-order chi connectivity index (χ0) is 13.8. The fourth-order valence-corrected chi connectivity index (χ4v) is 2.73. The van der Waals surface area contributed by atoms with Gasteiger partial charge in [-0.3, -0.25) is 4.79 Å². The van der Waals surface area contributed by atoms with Crippen LogP contribution >= 0.6 is 0 Å². The minimum absolute atomic E-state index is 0.115. The molecule has 2 rings (SSSR count). The highest BCUT2D eigenvalue weighted by Gasteiger charge is 2.23. The number of rotatable bonds is 4. The molecule has 4 N–H and O–H groups in total. The van der Waals surface area contributed by atoms with Gasteiger partial charge in [0.25, 0.3) is 5.91 Å². The van der Waals surface area contributed by atoms with Crippen molar-refractivity contribution < 1.29 is 9.90 Å². The first-order valence-corrected chi connectivity index (χ1v) is 7.03. The summed E-state index contributed by atoms with van der Waals surface area (Å²) >= 11 is 0. The van der Waals surface area contributed by atoms with Crippen molar-refractivity contribution in [1.82, 2.24) is 9.88 Å². The van der Waals surface area contributed by atoms with E-state index in [9.17, 15) is 9.90 Å². The minimum atomic E-state index is -0.280. The predicted octanol–water partition coefficient (Wildman–Crippen LogP) is 1.37. The van der Waals surface area contributed by atoms with Crippen LogP contribution < -0.4 is 11.1 Å². The molecule has 0 saturated heterocycles. The van der Waals surface area contributed by atoms with Crippen LogP contribution in [0.15, 0.2) is 12.3 Å². The molecule has 1 aliphatic rings. The summed E-state index contributed by atoms with van der Waals surface area (Å²) in [6, 6.07) is 1.69. The number of aromatic nitrogens is 1. The summed E-state index contributed by atoms with van der Waals surface area (Å²) in [7, 11) is 0. The van der Waals surface area contributed by atoms with Crippen LogP contribution in [0.5, 0.6) is 0 Å². The Hall–Kier alpha value is -1.49. The molecule has 0 bridgehead atoms. The lowest BCUT2D eigenvalue weighted by molar-refractivity contribution is 0.0660. The van der Waals surface area contributed by atoms with Crippen molar-refractivity contribution in [2.75, 3.05) is 12.3 Å². The van der Waals surface area contributed by atoms with Gasteiger partial charge in [0, 0.05) is 25.2 Å². The summed E-state index contributed by atoms with van der Waals surface area (Å²) in [5.74, 6) is 0.0661. The van der Waals surface area contributed by atoms with Crippen LogP contribution in [0, 0.1) is 5.92 Å². The molecule has 5 heteroatoms. The first-order valence-electron chi connectivity index (χ1n) is 7.03. The van der Waals surface area contributed by atoms with Crippen LogP contribution in [-0.2, 0) is 6.54 Å². The Kier molecular flexibility index (Phi) is 4.47. The van der Waals surface area contributed by atoms with Crippen molar-refractivity contribution in [3.63, 3.8) is 0 Å². The van der Waals surface area contributed by atoms with Gasteiger partial charge in [-0.1, -0.05) is 12.8 Å². The molecular weight excluding hydrogens is 242 g/mol. The van der Waals surface area contributed by atoms with Crippen molar-refractivity contribution >= 4 is 11.6 Å². The van der Waals surface area contributed by atoms with Gasteiger partial charge in [0.05, 0.1) is 11.8 Å². The molecule has 1 aromatic rings. The third kappa shape index (κ3) is 3.29. The molecule has 0 aliphatic heterocycles. The van der Waals surface area contributed by atoms with E-state index in [0.29, 0.717) is 24.5 Å². The molecule has 5 nitrogen and oxygen atoms in total. The SMILES string of the molecule is CCn1cc(N)cc1C(=O)NCC1CCCCC1O. The van der Waals surface area contributed by atoms with E-state index in [1.165, 1.54) is 0 Å². The van der Waals surface area contributed by atoms with E-state index >= 15 is 0 Å². The number of carbonyl (C=O) groups is 1. The molecule has 2 atom stereocenters. The van der Waals surface area contributed by atoms with Gasteiger partial charge in [0.2, 0.25) is 0 Å². The zero-order valence-electron chi connectivity index (χ0n) is 11.4. The summed E-state index contributed by atoms with van der Waals surface area (Å²) in [5, 5.41) is 12.8. The average molecular weight is 265 g/mol. The summed E-state index contributed by atoms with van der Waals surface area (Å²) in [6.07, 6.45) is 5.54. The van der Waals surface area contributed by atoms with Gasteiger partial charge in [0.15, 0.2) is 0 Å². The summed E-state index contributed by atoms with van der Waals surface area (Å²) in [5.41, 5.74) is 6.90. The van der Waals surface area contributed by atoms with Crippen LogP contribution in [-0.4, -0.2) is 28.2 Å². The largest absolute Gasteiger partial charge is 0.397 e. The van der Waals surface area contributed by atoms with Gasteiger partial charge in [-0.15, -0.1) is 0 Å². The number of nitrogens with two attached hydrogens (primary N) is 1. The number of nitrogens with one attached hydrogen (secondary N) is 1. The van der Waals surface area contributed by atoms with Gasteiger partial charge in [-0.25, -0.2) is 0 Å². The molecule has 1 fully saturated rings. The van der Waals surface area contributed by atoms with Crippen molar-refractivity contribution in [3.05, 3.63) is 18.0 Å². The number of aliphatic hydroxyl groups is 1. The first-order chi connectivity index (χ1) is 9.11. The molecule has 0 radical (unpaired) electrons. The Morgan fingerprint density at radius 2 is 2.26 bits per heavy atom. The van der Waals surface area contributed by atoms with Crippen LogP contribution in [0.3, 0.4) is 0 Å². The van der Waals surface area contributed by atoms with E-state index in [2.05, 4.69) is 5.32 Å². The van der Waals surface area contributed by atoms with Gasteiger partial charge in [-0.2, -0.15) is 0 Å². The highest BCUT2D eigenvalue weighted by Crippen LogP contribution is 2.23. The number of aliphatic hydroxyl groups excluding tert-OH is 1. The maximum atomic E-state index is 12.1. The van der Waals surface area contributed by atoms with Gasteiger partial charge in [-0.05, 0) is 25.8 Å². The maximum absolute atomic E-state index is 12.1. The Labute approximate surface area is 113 Å².